The summed E-state index contributed by atoms with van der Waals surface area (Å²) in [4.78, 5) is 26.3. The predicted molar refractivity (Wildman–Crippen MR) is 105 cm³/mol. The van der Waals surface area contributed by atoms with Gasteiger partial charge in [0.25, 0.3) is 11.8 Å². The van der Waals surface area contributed by atoms with Gasteiger partial charge < -0.3 is 19.1 Å². The number of rotatable bonds is 7. The normalized spacial score (nSPS) is 14.4. The van der Waals surface area contributed by atoms with E-state index in [-0.39, 0.29) is 17.5 Å². The summed E-state index contributed by atoms with van der Waals surface area (Å²) in [6, 6.07) is 3.45. The molecule has 0 radical (unpaired) electrons. The Morgan fingerprint density at radius 1 is 1.25 bits per heavy atom. The van der Waals surface area contributed by atoms with Crippen LogP contribution in [0.3, 0.4) is 0 Å². The maximum absolute atomic E-state index is 13.0. The minimum Gasteiger partial charge on any atom is -0.479 e. The predicted octanol–water partition coefficient (Wildman–Crippen LogP) is 3.07. The molecule has 28 heavy (non-hydrogen) atoms. The number of aryl methyl sites for hydroxylation is 1. The molecule has 0 saturated carbocycles. The molecule has 8 heteroatoms. The van der Waals surface area contributed by atoms with E-state index in [2.05, 4.69) is 28.9 Å². The van der Waals surface area contributed by atoms with E-state index in [9.17, 15) is 4.79 Å². The molecule has 0 atom stereocenters. The third kappa shape index (κ3) is 4.99. The van der Waals surface area contributed by atoms with Gasteiger partial charge >= 0.3 is 0 Å². The summed E-state index contributed by atoms with van der Waals surface area (Å²) < 4.78 is 10.2. The first-order chi connectivity index (χ1) is 13.5. The molecule has 3 rings (SSSR count). The molecular formula is C20H29N5O3. The number of nitrogens with zero attached hydrogens (tertiary/aromatic N) is 5. The zero-order valence-corrected chi connectivity index (χ0v) is 17.1. The van der Waals surface area contributed by atoms with Gasteiger partial charge in [0, 0.05) is 25.3 Å². The maximum Gasteiger partial charge on any atom is 0.292 e. The summed E-state index contributed by atoms with van der Waals surface area (Å²) in [6.07, 6.45) is 3.59. The highest BCUT2D eigenvalue weighted by atomic mass is 16.5. The van der Waals surface area contributed by atoms with Crippen molar-refractivity contribution in [2.75, 3.05) is 31.6 Å². The van der Waals surface area contributed by atoms with E-state index < -0.39 is 0 Å². The molecule has 2 aromatic rings. The summed E-state index contributed by atoms with van der Waals surface area (Å²) >= 11 is 0. The number of methoxy groups -OCH3 is 1. The molecule has 3 heterocycles. The van der Waals surface area contributed by atoms with Crippen molar-refractivity contribution < 1.29 is 14.1 Å². The largest absolute Gasteiger partial charge is 0.479 e. The number of hydrogen-bond donors (Lipinski definition) is 0. The fourth-order valence-electron chi connectivity index (χ4n) is 3.40. The van der Waals surface area contributed by atoms with Crippen LogP contribution in [0.25, 0.3) is 0 Å². The molecule has 1 saturated heterocycles. The van der Waals surface area contributed by atoms with Gasteiger partial charge in [-0.05, 0) is 43.3 Å². The quantitative estimate of drug-likeness (QED) is 0.722. The molecule has 0 spiro atoms. The lowest BCUT2D eigenvalue weighted by atomic mass is 10.1. The topological polar surface area (TPSA) is 84.6 Å². The van der Waals surface area contributed by atoms with E-state index in [0.29, 0.717) is 19.0 Å². The summed E-state index contributed by atoms with van der Waals surface area (Å²) in [5.74, 6) is 1.30. The molecule has 1 amide bonds. The second-order valence-corrected chi connectivity index (χ2v) is 7.66. The van der Waals surface area contributed by atoms with Crippen molar-refractivity contribution in [3.63, 3.8) is 0 Å². The van der Waals surface area contributed by atoms with Crippen LogP contribution in [-0.4, -0.2) is 52.7 Å². The average molecular weight is 387 g/mol. The Bertz CT molecular complexity index is 799. The van der Waals surface area contributed by atoms with Crippen LogP contribution >= 0.6 is 0 Å². The third-order valence-corrected chi connectivity index (χ3v) is 4.67. The first-order valence-corrected chi connectivity index (χ1v) is 9.85. The van der Waals surface area contributed by atoms with Crippen molar-refractivity contribution in [1.82, 2.24) is 20.0 Å². The van der Waals surface area contributed by atoms with E-state index in [1.54, 1.807) is 4.90 Å². The molecule has 152 valence electrons. The molecule has 0 bridgehead atoms. The van der Waals surface area contributed by atoms with Gasteiger partial charge in [-0.1, -0.05) is 13.8 Å². The van der Waals surface area contributed by atoms with Crippen LogP contribution in [0.5, 0.6) is 5.88 Å². The number of aromatic nitrogens is 3. The first-order valence-electron chi connectivity index (χ1n) is 9.85. The van der Waals surface area contributed by atoms with Crippen LogP contribution in [-0.2, 0) is 6.54 Å². The Labute approximate surface area is 165 Å². The van der Waals surface area contributed by atoms with Gasteiger partial charge in [0.15, 0.2) is 0 Å². The molecule has 1 aliphatic rings. The van der Waals surface area contributed by atoms with Gasteiger partial charge in [-0.15, -0.1) is 0 Å². The van der Waals surface area contributed by atoms with E-state index >= 15 is 0 Å². The Balaban J connectivity index is 1.81. The average Bonchev–Trinajstić information content (AvgIpc) is 3.16. The lowest BCUT2D eigenvalue weighted by Crippen LogP contribution is -2.35. The Hall–Kier alpha value is -2.64. The van der Waals surface area contributed by atoms with Crippen LogP contribution in [0.1, 0.15) is 55.1 Å². The number of carbonyl (C=O) groups excluding carboxylic acids is 1. The summed E-state index contributed by atoms with van der Waals surface area (Å²) in [5, 5.41) is 3.74. The van der Waals surface area contributed by atoms with Gasteiger partial charge in [-0.2, -0.15) is 0 Å². The zero-order chi connectivity index (χ0) is 20.1. The monoisotopic (exact) mass is 387 g/mol. The highest BCUT2D eigenvalue weighted by Gasteiger charge is 2.23. The second kappa shape index (κ2) is 9.03. The van der Waals surface area contributed by atoms with Gasteiger partial charge in [-0.3, -0.25) is 4.79 Å². The number of amides is 1. The molecule has 0 aliphatic carbocycles. The minimum absolute atomic E-state index is 0.166. The van der Waals surface area contributed by atoms with E-state index in [4.69, 9.17) is 14.2 Å². The number of anilines is 1. The fourth-order valence-corrected chi connectivity index (χ4v) is 3.40. The fraction of sp³-hybridized carbons (Fsp3) is 0.600. The molecular weight excluding hydrogens is 358 g/mol. The van der Waals surface area contributed by atoms with Crippen molar-refractivity contribution >= 4 is 11.9 Å². The molecule has 0 aromatic carbocycles. The van der Waals surface area contributed by atoms with Crippen LogP contribution in [0.4, 0.5) is 5.95 Å². The Morgan fingerprint density at radius 3 is 2.64 bits per heavy atom. The summed E-state index contributed by atoms with van der Waals surface area (Å²) in [6.45, 7) is 9.06. The molecule has 1 aliphatic heterocycles. The van der Waals surface area contributed by atoms with E-state index in [0.717, 1.165) is 43.3 Å². The number of ether oxygens (including phenoxy) is 1. The standard InChI is InChI=1S/C20H29N5O3/c1-14(2)12-25(19(26)17-11-18(27-4)23-28-17)13-16-10-15(3)21-20(22-16)24-8-6-5-7-9-24/h10-11,14H,5-9,12-13H2,1-4H3. The molecule has 0 unspecified atom stereocenters. The minimum atomic E-state index is -0.222. The van der Waals surface area contributed by atoms with E-state index in [1.165, 1.54) is 19.6 Å². The van der Waals surface area contributed by atoms with Gasteiger partial charge in [0.1, 0.15) is 0 Å². The highest BCUT2D eigenvalue weighted by Crippen LogP contribution is 2.19. The second-order valence-electron chi connectivity index (χ2n) is 7.66. The molecule has 2 aromatic heterocycles. The smallest absolute Gasteiger partial charge is 0.292 e. The van der Waals surface area contributed by atoms with Crippen molar-refractivity contribution in [3.05, 3.63) is 29.3 Å². The van der Waals surface area contributed by atoms with Crippen molar-refractivity contribution in [2.24, 2.45) is 5.92 Å². The number of carbonyl (C=O) groups is 1. The first kappa shape index (κ1) is 20.1. The van der Waals surface area contributed by atoms with Gasteiger partial charge in [-0.25, -0.2) is 9.97 Å². The maximum atomic E-state index is 13.0. The van der Waals surface area contributed by atoms with Crippen LogP contribution < -0.4 is 9.64 Å². The Kier molecular flexibility index (Phi) is 6.49. The molecule has 8 nitrogen and oxygen atoms in total. The third-order valence-electron chi connectivity index (χ3n) is 4.67. The summed E-state index contributed by atoms with van der Waals surface area (Å²) in [5.41, 5.74) is 1.73. The SMILES string of the molecule is COc1cc(C(=O)N(Cc2cc(C)nc(N3CCCCC3)n2)CC(C)C)on1. The van der Waals surface area contributed by atoms with Crippen molar-refractivity contribution in [3.8, 4) is 5.88 Å². The van der Waals surface area contributed by atoms with Gasteiger partial charge in [0.05, 0.1) is 25.4 Å². The van der Waals surface area contributed by atoms with Crippen LogP contribution in [0.2, 0.25) is 0 Å². The van der Waals surface area contributed by atoms with Crippen LogP contribution in [0.15, 0.2) is 16.7 Å². The number of hydrogen-bond acceptors (Lipinski definition) is 7. The summed E-state index contributed by atoms with van der Waals surface area (Å²) in [7, 11) is 1.49. The van der Waals surface area contributed by atoms with Crippen molar-refractivity contribution in [1.29, 1.82) is 0 Å². The molecule has 1 fully saturated rings. The number of piperidine rings is 1. The van der Waals surface area contributed by atoms with Crippen molar-refractivity contribution in [2.45, 2.75) is 46.6 Å². The molecule has 0 N–H and O–H groups in total. The van der Waals surface area contributed by atoms with Gasteiger partial charge in [0.2, 0.25) is 11.7 Å². The Morgan fingerprint density at radius 2 is 2.00 bits per heavy atom. The van der Waals surface area contributed by atoms with E-state index in [1.807, 2.05) is 13.0 Å². The zero-order valence-electron chi connectivity index (χ0n) is 17.1. The highest BCUT2D eigenvalue weighted by molar-refractivity contribution is 5.91. The lowest BCUT2D eigenvalue weighted by Gasteiger charge is -2.28. The lowest BCUT2D eigenvalue weighted by molar-refractivity contribution is 0.0677. The van der Waals surface area contributed by atoms with Crippen LogP contribution in [0, 0.1) is 12.8 Å².